The van der Waals surface area contributed by atoms with Gasteiger partial charge in [-0.3, -0.25) is 24.7 Å². The summed E-state index contributed by atoms with van der Waals surface area (Å²) < 4.78 is 6.44. The maximum atomic E-state index is 13.4. The van der Waals surface area contributed by atoms with Crippen molar-refractivity contribution in [2.45, 2.75) is 4.90 Å². The Kier molecular flexibility index (Phi) is 8.44. The molecule has 0 bridgehead atoms. The van der Waals surface area contributed by atoms with Crippen LogP contribution in [0.25, 0.3) is 10.2 Å². The number of morpholine rings is 1. The van der Waals surface area contributed by atoms with Crippen molar-refractivity contribution < 1.29 is 14.5 Å². The number of carbonyl (C=O) groups excluding carboxylic acids is 1. The van der Waals surface area contributed by atoms with Gasteiger partial charge in [0.2, 0.25) is 0 Å². The molecule has 0 spiro atoms. The summed E-state index contributed by atoms with van der Waals surface area (Å²) in [5.41, 5.74) is 1.25. The van der Waals surface area contributed by atoms with Crippen molar-refractivity contribution in [3.8, 4) is 0 Å². The van der Waals surface area contributed by atoms with Gasteiger partial charge >= 0.3 is 0 Å². The lowest BCUT2D eigenvalue weighted by Gasteiger charge is -2.29. The number of thioether (sulfide) groups is 1. The minimum absolute atomic E-state index is 0. The number of halogens is 1. The number of nitro benzene ring substituents is 1. The average molecular weight is 495 g/mol. The zero-order valence-electron chi connectivity index (χ0n) is 17.4. The molecule has 0 N–H and O–H groups in total. The quantitative estimate of drug-likeness (QED) is 0.274. The van der Waals surface area contributed by atoms with Crippen molar-refractivity contribution in [1.29, 1.82) is 0 Å². The van der Waals surface area contributed by atoms with Gasteiger partial charge in [-0.15, -0.1) is 24.2 Å². The number of thiazole rings is 1. The first-order valence-corrected chi connectivity index (χ1v) is 11.9. The van der Waals surface area contributed by atoms with Crippen LogP contribution in [-0.4, -0.2) is 66.4 Å². The van der Waals surface area contributed by atoms with Crippen LogP contribution < -0.4 is 4.90 Å². The van der Waals surface area contributed by atoms with Crippen LogP contribution in [0.1, 0.15) is 10.4 Å². The number of carbonyl (C=O) groups is 1. The second-order valence-corrected chi connectivity index (χ2v) is 8.88. The van der Waals surface area contributed by atoms with Crippen LogP contribution in [0.5, 0.6) is 0 Å². The molecule has 170 valence electrons. The third-order valence-electron chi connectivity index (χ3n) is 5.14. The first-order chi connectivity index (χ1) is 15.1. The molecule has 0 radical (unpaired) electrons. The van der Waals surface area contributed by atoms with E-state index in [0.29, 0.717) is 37.0 Å². The summed E-state index contributed by atoms with van der Waals surface area (Å²) in [6, 6.07) is 11.7. The predicted octanol–water partition coefficient (Wildman–Crippen LogP) is 4.33. The minimum Gasteiger partial charge on any atom is -0.379 e. The van der Waals surface area contributed by atoms with Crippen molar-refractivity contribution in [2.24, 2.45) is 0 Å². The molecule has 2 aromatic carbocycles. The van der Waals surface area contributed by atoms with E-state index in [9.17, 15) is 14.9 Å². The minimum atomic E-state index is -0.470. The normalized spacial score (nSPS) is 14.2. The molecule has 1 fully saturated rings. The van der Waals surface area contributed by atoms with Crippen molar-refractivity contribution >= 4 is 62.4 Å². The van der Waals surface area contributed by atoms with E-state index in [4.69, 9.17) is 9.72 Å². The van der Waals surface area contributed by atoms with Gasteiger partial charge < -0.3 is 4.74 Å². The maximum absolute atomic E-state index is 13.4. The molecule has 32 heavy (non-hydrogen) atoms. The maximum Gasteiger partial charge on any atom is 0.269 e. The number of benzene rings is 2. The second kappa shape index (κ2) is 11.1. The van der Waals surface area contributed by atoms with Crippen LogP contribution in [-0.2, 0) is 4.74 Å². The van der Waals surface area contributed by atoms with Crippen LogP contribution >= 0.6 is 35.5 Å². The number of hydrogen-bond acceptors (Lipinski definition) is 8. The zero-order chi connectivity index (χ0) is 21.8. The Labute approximate surface area is 200 Å². The molecule has 2 heterocycles. The van der Waals surface area contributed by atoms with Gasteiger partial charge in [0.25, 0.3) is 11.6 Å². The molecule has 1 aromatic heterocycles. The summed E-state index contributed by atoms with van der Waals surface area (Å²) in [7, 11) is 0. The van der Waals surface area contributed by atoms with Gasteiger partial charge in [-0.1, -0.05) is 17.4 Å². The fourth-order valence-electron chi connectivity index (χ4n) is 3.42. The molecule has 1 aliphatic heterocycles. The van der Waals surface area contributed by atoms with E-state index >= 15 is 0 Å². The number of nitrogens with zero attached hydrogens (tertiary/aromatic N) is 4. The van der Waals surface area contributed by atoms with Crippen LogP contribution in [0.2, 0.25) is 0 Å². The monoisotopic (exact) mass is 494 g/mol. The van der Waals surface area contributed by atoms with Crippen LogP contribution in [0.3, 0.4) is 0 Å². The van der Waals surface area contributed by atoms with E-state index in [1.165, 1.54) is 35.6 Å². The Morgan fingerprint density at radius 2 is 1.97 bits per heavy atom. The van der Waals surface area contributed by atoms with Gasteiger partial charge in [-0.2, -0.15) is 0 Å². The molecule has 0 aliphatic carbocycles. The van der Waals surface area contributed by atoms with Gasteiger partial charge in [-0.25, -0.2) is 4.98 Å². The van der Waals surface area contributed by atoms with E-state index in [1.807, 2.05) is 24.5 Å². The van der Waals surface area contributed by atoms with Crippen molar-refractivity contribution in [1.82, 2.24) is 9.88 Å². The van der Waals surface area contributed by atoms with Crippen LogP contribution in [0.15, 0.2) is 47.4 Å². The third-order valence-corrected chi connectivity index (χ3v) is 6.95. The topological polar surface area (TPSA) is 88.8 Å². The average Bonchev–Trinajstić information content (AvgIpc) is 3.24. The summed E-state index contributed by atoms with van der Waals surface area (Å²) in [6.45, 7) is 4.22. The fourth-order valence-corrected chi connectivity index (χ4v) is 5.07. The van der Waals surface area contributed by atoms with Gasteiger partial charge in [0.1, 0.15) is 0 Å². The van der Waals surface area contributed by atoms with Crippen molar-refractivity contribution in [2.75, 3.05) is 50.5 Å². The molecule has 0 atom stereocenters. The van der Waals surface area contributed by atoms with Crippen LogP contribution in [0, 0.1) is 10.1 Å². The molecular formula is C21H23ClN4O4S2. The SMILES string of the molecule is CSc1cccc2sc(N(CCN3CCOCC3)C(=O)c3ccc([N+](=O)[O-])cc3)nc12.Cl. The number of non-ortho nitro benzene ring substituents is 1. The van der Waals surface area contributed by atoms with E-state index < -0.39 is 4.92 Å². The van der Waals surface area contributed by atoms with Gasteiger partial charge in [-0.05, 0) is 30.5 Å². The Balaban J connectivity index is 0.00000289. The molecule has 1 saturated heterocycles. The third kappa shape index (κ3) is 5.38. The number of aromatic nitrogens is 1. The number of para-hydroxylation sites is 1. The van der Waals surface area contributed by atoms with Gasteiger partial charge in [0.05, 0.1) is 28.4 Å². The number of anilines is 1. The first kappa shape index (κ1) is 24.4. The molecule has 4 rings (SSSR count). The molecule has 1 amide bonds. The summed E-state index contributed by atoms with van der Waals surface area (Å²) in [4.78, 5) is 33.7. The molecule has 0 saturated carbocycles. The van der Waals surface area contributed by atoms with Crippen molar-refractivity contribution in [3.05, 3.63) is 58.1 Å². The fraction of sp³-hybridized carbons (Fsp3) is 0.333. The standard InChI is InChI=1S/C21H22N4O4S2.ClH/c1-30-17-3-2-4-18-19(17)22-21(31-18)24(10-9-23-11-13-29-14-12-23)20(26)15-5-7-16(8-6-15)25(27)28;/h2-8H,9-14H2,1H3;1H. The second-order valence-electron chi connectivity index (χ2n) is 7.02. The van der Waals surface area contributed by atoms with Crippen LogP contribution in [0.4, 0.5) is 10.8 Å². The highest BCUT2D eigenvalue weighted by molar-refractivity contribution is 7.98. The zero-order valence-corrected chi connectivity index (χ0v) is 19.9. The highest BCUT2D eigenvalue weighted by Gasteiger charge is 2.24. The Hall–Kier alpha value is -2.24. The highest BCUT2D eigenvalue weighted by Crippen LogP contribution is 2.34. The molecule has 11 heteroatoms. The summed E-state index contributed by atoms with van der Waals surface area (Å²) >= 11 is 3.11. The number of amides is 1. The predicted molar refractivity (Wildman–Crippen MR) is 131 cm³/mol. The molecular weight excluding hydrogens is 472 g/mol. The largest absolute Gasteiger partial charge is 0.379 e. The first-order valence-electron chi connectivity index (χ1n) is 9.87. The Bertz CT molecular complexity index is 1090. The number of hydrogen-bond donors (Lipinski definition) is 0. The van der Waals surface area contributed by atoms with Gasteiger partial charge in [0, 0.05) is 48.8 Å². The smallest absolute Gasteiger partial charge is 0.269 e. The number of ether oxygens (including phenoxy) is 1. The number of rotatable bonds is 7. The summed E-state index contributed by atoms with van der Waals surface area (Å²) in [5.74, 6) is -0.215. The molecule has 8 nitrogen and oxygen atoms in total. The summed E-state index contributed by atoms with van der Waals surface area (Å²) in [5, 5.41) is 11.6. The van der Waals surface area contributed by atoms with E-state index in [2.05, 4.69) is 4.90 Å². The number of fused-ring (bicyclic) bond motifs is 1. The lowest BCUT2D eigenvalue weighted by molar-refractivity contribution is -0.384. The van der Waals surface area contributed by atoms with E-state index in [1.54, 1.807) is 16.7 Å². The lowest BCUT2D eigenvalue weighted by atomic mass is 10.2. The van der Waals surface area contributed by atoms with Crippen molar-refractivity contribution in [3.63, 3.8) is 0 Å². The van der Waals surface area contributed by atoms with E-state index in [-0.39, 0.29) is 24.0 Å². The van der Waals surface area contributed by atoms with Gasteiger partial charge in [0.15, 0.2) is 5.13 Å². The highest BCUT2D eigenvalue weighted by atomic mass is 35.5. The molecule has 1 aliphatic rings. The number of nitro groups is 1. The van der Waals surface area contributed by atoms with E-state index in [0.717, 1.165) is 28.2 Å². The lowest BCUT2D eigenvalue weighted by Crippen LogP contribution is -2.43. The Morgan fingerprint density at radius 1 is 1.25 bits per heavy atom. The molecule has 0 unspecified atom stereocenters. The summed E-state index contributed by atoms with van der Waals surface area (Å²) in [6.07, 6.45) is 2.01. The Morgan fingerprint density at radius 3 is 2.62 bits per heavy atom. The molecule has 3 aromatic rings.